The second-order valence-corrected chi connectivity index (χ2v) is 5.04. The summed E-state index contributed by atoms with van der Waals surface area (Å²) in [5, 5.41) is 0.618. The van der Waals surface area contributed by atoms with E-state index in [1.807, 2.05) is 0 Å². The number of carbonyl (C=O) groups excluding carboxylic acids is 1. The van der Waals surface area contributed by atoms with Crippen LogP contribution in [0.3, 0.4) is 0 Å². The van der Waals surface area contributed by atoms with Gasteiger partial charge in [0.2, 0.25) is 0 Å². The van der Waals surface area contributed by atoms with Crippen LogP contribution in [0.15, 0.2) is 12.1 Å². The van der Waals surface area contributed by atoms with E-state index in [1.165, 1.54) is 0 Å². The Labute approximate surface area is 122 Å². The van der Waals surface area contributed by atoms with Crippen LogP contribution in [-0.4, -0.2) is 50.6 Å². The molecule has 0 N–H and O–H groups in total. The van der Waals surface area contributed by atoms with E-state index in [0.717, 1.165) is 32.8 Å². The van der Waals surface area contributed by atoms with Crippen LogP contribution in [0, 0.1) is 0 Å². The zero-order valence-corrected chi connectivity index (χ0v) is 11.9. The number of rotatable bonds is 5. The zero-order chi connectivity index (χ0) is 13.7. The van der Waals surface area contributed by atoms with E-state index in [4.69, 9.17) is 32.7 Å². The van der Waals surface area contributed by atoms with Gasteiger partial charge in [-0.15, -0.1) is 0 Å². The van der Waals surface area contributed by atoms with Gasteiger partial charge in [-0.1, -0.05) is 23.2 Å². The lowest BCUT2D eigenvalue weighted by atomic mass is 10.2. The largest absolute Gasteiger partial charge is 0.492 e. The van der Waals surface area contributed by atoms with Gasteiger partial charge in [-0.05, 0) is 12.1 Å². The number of aldehydes is 1. The van der Waals surface area contributed by atoms with E-state index < -0.39 is 0 Å². The molecule has 0 saturated carbocycles. The molecule has 2 rings (SSSR count). The number of hydrogen-bond donors (Lipinski definition) is 0. The van der Waals surface area contributed by atoms with Crippen molar-refractivity contribution >= 4 is 29.5 Å². The van der Waals surface area contributed by atoms with Crippen molar-refractivity contribution in [1.82, 2.24) is 4.90 Å². The summed E-state index contributed by atoms with van der Waals surface area (Å²) in [4.78, 5) is 13.0. The first kappa shape index (κ1) is 14.6. The van der Waals surface area contributed by atoms with Crippen LogP contribution in [0.5, 0.6) is 5.75 Å². The molecule has 1 aliphatic rings. The van der Waals surface area contributed by atoms with Crippen LogP contribution < -0.4 is 4.74 Å². The van der Waals surface area contributed by atoms with Crippen LogP contribution in [0.25, 0.3) is 0 Å². The van der Waals surface area contributed by atoms with Crippen molar-refractivity contribution in [2.75, 3.05) is 39.5 Å². The normalized spacial score (nSPS) is 16.3. The molecule has 1 aromatic carbocycles. The molecule has 6 heteroatoms. The second-order valence-electron chi connectivity index (χ2n) is 4.22. The average Bonchev–Trinajstić information content (AvgIpc) is 2.40. The monoisotopic (exact) mass is 303 g/mol. The minimum absolute atomic E-state index is 0.295. The molecule has 1 aromatic rings. The number of carbonyl (C=O) groups is 1. The van der Waals surface area contributed by atoms with Gasteiger partial charge in [-0.2, -0.15) is 0 Å². The van der Waals surface area contributed by atoms with Crippen molar-refractivity contribution in [2.45, 2.75) is 0 Å². The third-order valence-corrected chi connectivity index (χ3v) is 3.58. The summed E-state index contributed by atoms with van der Waals surface area (Å²) in [6.07, 6.45) is 0.641. The maximum absolute atomic E-state index is 10.8. The van der Waals surface area contributed by atoms with Crippen LogP contribution in [0.2, 0.25) is 10.0 Å². The summed E-state index contributed by atoms with van der Waals surface area (Å²) in [5.74, 6) is 0.578. The van der Waals surface area contributed by atoms with Gasteiger partial charge in [0.1, 0.15) is 12.4 Å². The molecular weight excluding hydrogens is 289 g/mol. The van der Waals surface area contributed by atoms with Gasteiger partial charge in [0, 0.05) is 19.6 Å². The first-order valence-corrected chi connectivity index (χ1v) is 6.83. The Morgan fingerprint density at radius 3 is 2.47 bits per heavy atom. The Hall–Kier alpha value is -0.810. The molecule has 0 unspecified atom stereocenters. The number of hydrogen-bond acceptors (Lipinski definition) is 4. The Bertz CT molecular complexity index is 425. The van der Waals surface area contributed by atoms with Crippen molar-refractivity contribution in [1.29, 1.82) is 0 Å². The fraction of sp³-hybridized carbons (Fsp3) is 0.462. The van der Waals surface area contributed by atoms with Crippen molar-refractivity contribution in [3.05, 3.63) is 27.7 Å². The van der Waals surface area contributed by atoms with Crippen molar-refractivity contribution in [3.63, 3.8) is 0 Å². The molecule has 4 nitrogen and oxygen atoms in total. The molecular formula is C13H15Cl2NO3. The molecule has 1 heterocycles. The van der Waals surface area contributed by atoms with Crippen LogP contribution in [0.1, 0.15) is 10.4 Å². The Morgan fingerprint density at radius 2 is 1.89 bits per heavy atom. The van der Waals surface area contributed by atoms with Crippen molar-refractivity contribution < 1.29 is 14.3 Å². The molecule has 0 aromatic heterocycles. The summed E-state index contributed by atoms with van der Waals surface area (Å²) in [6, 6.07) is 3.22. The molecule has 0 aliphatic carbocycles. The second kappa shape index (κ2) is 7.10. The molecule has 1 aliphatic heterocycles. The summed E-state index contributed by atoms with van der Waals surface area (Å²) in [5.41, 5.74) is 0.295. The van der Waals surface area contributed by atoms with E-state index in [2.05, 4.69) is 4.90 Å². The Balaban J connectivity index is 1.87. The lowest BCUT2D eigenvalue weighted by Crippen LogP contribution is -2.38. The third-order valence-electron chi connectivity index (χ3n) is 2.95. The molecule has 0 bridgehead atoms. The summed E-state index contributed by atoms with van der Waals surface area (Å²) >= 11 is 11.9. The lowest BCUT2D eigenvalue weighted by molar-refractivity contribution is 0.0322. The van der Waals surface area contributed by atoms with Gasteiger partial charge in [-0.3, -0.25) is 9.69 Å². The molecule has 104 valence electrons. The standard InChI is InChI=1S/C13H15Cl2NO3/c14-12-7-10(8-13(15)11(12)9-17)19-6-3-16-1-4-18-5-2-16/h7-9H,1-6H2. The summed E-state index contributed by atoms with van der Waals surface area (Å²) in [7, 11) is 0. The smallest absolute Gasteiger partial charge is 0.153 e. The molecule has 0 radical (unpaired) electrons. The van der Waals surface area contributed by atoms with E-state index in [0.29, 0.717) is 34.3 Å². The van der Waals surface area contributed by atoms with Gasteiger partial charge < -0.3 is 9.47 Å². The first-order chi connectivity index (χ1) is 9.20. The molecule has 19 heavy (non-hydrogen) atoms. The quantitative estimate of drug-likeness (QED) is 0.784. The fourth-order valence-corrected chi connectivity index (χ4v) is 2.43. The summed E-state index contributed by atoms with van der Waals surface area (Å²) in [6.45, 7) is 4.77. The fourth-order valence-electron chi connectivity index (χ4n) is 1.87. The highest BCUT2D eigenvalue weighted by Crippen LogP contribution is 2.28. The van der Waals surface area contributed by atoms with E-state index >= 15 is 0 Å². The summed E-state index contributed by atoms with van der Waals surface area (Å²) < 4.78 is 10.9. The topological polar surface area (TPSA) is 38.8 Å². The highest BCUT2D eigenvalue weighted by atomic mass is 35.5. The van der Waals surface area contributed by atoms with Crippen molar-refractivity contribution in [2.24, 2.45) is 0 Å². The first-order valence-electron chi connectivity index (χ1n) is 6.08. The molecule has 1 saturated heterocycles. The van der Waals surface area contributed by atoms with Crippen LogP contribution in [-0.2, 0) is 4.74 Å². The highest BCUT2D eigenvalue weighted by Gasteiger charge is 2.11. The predicted octanol–water partition coefficient (Wildman–Crippen LogP) is 2.52. The maximum atomic E-state index is 10.8. The van der Waals surface area contributed by atoms with E-state index in [1.54, 1.807) is 12.1 Å². The van der Waals surface area contributed by atoms with Gasteiger partial charge in [0.05, 0.1) is 28.8 Å². The van der Waals surface area contributed by atoms with E-state index in [-0.39, 0.29) is 0 Å². The highest BCUT2D eigenvalue weighted by molar-refractivity contribution is 6.38. The van der Waals surface area contributed by atoms with Gasteiger partial charge in [-0.25, -0.2) is 0 Å². The maximum Gasteiger partial charge on any atom is 0.153 e. The number of benzene rings is 1. The molecule has 0 spiro atoms. The van der Waals surface area contributed by atoms with Crippen molar-refractivity contribution in [3.8, 4) is 5.75 Å². The predicted molar refractivity (Wildman–Crippen MR) is 74.6 cm³/mol. The lowest BCUT2D eigenvalue weighted by Gasteiger charge is -2.26. The van der Waals surface area contributed by atoms with Gasteiger partial charge >= 0.3 is 0 Å². The van der Waals surface area contributed by atoms with Crippen LogP contribution in [0.4, 0.5) is 0 Å². The minimum atomic E-state index is 0.295. The van der Waals surface area contributed by atoms with Gasteiger partial charge in [0.15, 0.2) is 6.29 Å². The number of morpholine rings is 1. The number of ether oxygens (including phenoxy) is 2. The molecule has 1 fully saturated rings. The average molecular weight is 304 g/mol. The number of halogens is 2. The van der Waals surface area contributed by atoms with Crippen LogP contribution >= 0.6 is 23.2 Å². The SMILES string of the molecule is O=Cc1c(Cl)cc(OCCN2CCOCC2)cc1Cl. The minimum Gasteiger partial charge on any atom is -0.492 e. The number of nitrogens with zero attached hydrogens (tertiary/aromatic N) is 1. The van der Waals surface area contributed by atoms with Gasteiger partial charge in [0.25, 0.3) is 0 Å². The third kappa shape index (κ3) is 4.08. The molecule has 0 amide bonds. The zero-order valence-electron chi connectivity index (χ0n) is 10.4. The Morgan fingerprint density at radius 1 is 1.26 bits per heavy atom. The van der Waals surface area contributed by atoms with E-state index in [9.17, 15) is 4.79 Å². The Kier molecular flexibility index (Phi) is 5.45. The molecule has 0 atom stereocenters.